The molecule has 1 aromatic carbocycles. The van der Waals surface area contributed by atoms with Crippen molar-refractivity contribution in [2.75, 3.05) is 20.1 Å². The summed E-state index contributed by atoms with van der Waals surface area (Å²) in [5.74, 6) is 0.165. The zero-order valence-corrected chi connectivity index (χ0v) is 16.0. The third-order valence-corrected chi connectivity index (χ3v) is 5.32. The van der Waals surface area contributed by atoms with Crippen molar-refractivity contribution >= 4 is 5.91 Å². The molecule has 0 saturated carbocycles. The first kappa shape index (κ1) is 17.7. The first-order valence-electron chi connectivity index (χ1n) is 9.15. The van der Waals surface area contributed by atoms with E-state index in [1.807, 2.05) is 18.0 Å². The maximum Gasteiger partial charge on any atom is 0.255 e. The molecule has 1 aliphatic rings. The quantitative estimate of drug-likeness (QED) is 0.929. The second kappa shape index (κ2) is 7.04. The van der Waals surface area contributed by atoms with Crippen LogP contribution in [0.15, 0.2) is 24.3 Å². The van der Waals surface area contributed by atoms with Gasteiger partial charge in [-0.15, -0.1) is 0 Å². The van der Waals surface area contributed by atoms with Gasteiger partial charge in [0, 0.05) is 36.2 Å². The molecule has 0 atom stereocenters. The molecule has 1 amide bonds. The molecule has 1 N–H and O–H groups in total. The largest absolute Gasteiger partial charge is 0.338 e. The molecular formula is C21H29N3O. The van der Waals surface area contributed by atoms with E-state index < -0.39 is 0 Å². The average Bonchev–Trinajstić information content (AvgIpc) is 2.88. The van der Waals surface area contributed by atoms with E-state index in [0.29, 0.717) is 6.04 Å². The summed E-state index contributed by atoms with van der Waals surface area (Å²) in [4.78, 5) is 15.0. The fraction of sp³-hybridized carbons (Fsp3) is 0.476. The van der Waals surface area contributed by atoms with Gasteiger partial charge in [0.25, 0.3) is 5.91 Å². The van der Waals surface area contributed by atoms with E-state index in [0.717, 1.165) is 48.6 Å². The van der Waals surface area contributed by atoms with Gasteiger partial charge in [-0.25, -0.2) is 0 Å². The van der Waals surface area contributed by atoms with Crippen LogP contribution in [0.5, 0.6) is 0 Å². The summed E-state index contributed by atoms with van der Waals surface area (Å²) in [6.07, 6.45) is 2.05. The molecule has 4 nitrogen and oxygen atoms in total. The molecule has 0 aliphatic carbocycles. The summed E-state index contributed by atoms with van der Waals surface area (Å²) in [7, 11) is 2.00. The highest BCUT2D eigenvalue weighted by Crippen LogP contribution is 2.24. The number of benzene rings is 1. The number of aryl methyl sites for hydroxylation is 3. The van der Waals surface area contributed by atoms with Crippen LogP contribution in [0.4, 0.5) is 0 Å². The second-order valence-corrected chi connectivity index (χ2v) is 7.32. The maximum absolute atomic E-state index is 13.0. The van der Waals surface area contributed by atoms with Gasteiger partial charge in [-0.05, 0) is 76.9 Å². The Hall–Kier alpha value is -2.07. The Morgan fingerprint density at radius 2 is 1.60 bits per heavy atom. The van der Waals surface area contributed by atoms with Crippen LogP contribution < -0.4 is 5.32 Å². The van der Waals surface area contributed by atoms with E-state index in [2.05, 4.69) is 55.8 Å². The zero-order valence-electron chi connectivity index (χ0n) is 16.0. The van der Waals surface area contributed by atoms with E-state index in [9.17, 15) is 4.79 Å². The predicted octanol–water partition coefficient (Wildman–Crippen LogP) is 3.53. The number of nitrogens with one attached hydrogen (secondary N) is 1. The Balaban J connectivity index is 1.90. The number of hydrogen-bond donors (Lipinski definition) is 1. The van der Waals surface area contributed by atoms with Crippen LogP contribution in [0.2, 0.25) is 0 Å². The van der Waals surface area contributed by atoms with Gasteiger partial charge < -0.3 is 14.8 Å². The van der Waals surface area contributed by atoms with Crippen molar-refractivity contribution in [3.63, 3.8) is 0 Å². The van der Waals surface area contributed by atoms with Crippen molar-refractivity contribution in [3.8, 4) is 5.69 Å². The molecule has 134 valence electrons. The third-order valence-electron chi connectivity index (χ3n) is 5.32. The lowest BCUT2D eigenvalue weighted by atomic mass is 10.0. The Morgan fingerprint density at radius 3 is 2.16 bits per heavy atom. The van der Waals surface area contributed by atoms with Crippen LogP contribution in [-0.2, 0) is 0 Å². The maximum atomic E-state index is 13.0. The highest BCUT2D eigenvalue weighted by molar-refractivity contribution is 5.96. The molecule has 3 rings (SSSR count). The number of likely N-dealkylation sites (tertiary alicyclic amines) is 1. The Kier molecular flexibility index (Phi) is 5.00. The fourth-order valence-corrected chi connectivity index (χ4v) is 4.00. The smallest absolute Gasteiger partial charge is 0.255 e. The minimum atomic E-state index is 0.165. The molecule has 25 heavy (non-hydrogen) atoms. The number of nitrogens with zero attached hydrogens (tertiary/aromatic N) is 2. The lowest BCUT2D eigenvalue weighted by molar-refractivity contribution is 0.0706. The molecule has 0 spiro atoms. The molecule has 4 heteroatoms. The van der Waals surface area contributed by atoms with E-state index in [-0.39, 0.29) is 5.91 Å². The molecule has 1 aromatic heterocycles. The van der Waals surface area contributed by atoms with Crippen LogP contribution in [0.25, 0.3) is 5.69 Å². The van der Waals surface area contributed by atoms with Crippen LogP contribution in [0.1, 0.15) is 45.7 Å². The summed E-state index contributed by atoms with van der Waals surface area (Å²) in [5.41, 5.74) is 6.59. The van der Waals surface area contributed by atoms with Crippen molar-refractivity contribution < 1.29 is 4.79 Å². The average molecular weight is 339 g/mol. The van der Waals surface area contributed by atoms with Crippen molar-refractivity contribution in [1.29, 1.82) is 0 Å². The van der Waals surface area contributed by atoms with E-state index in [1.54, 1.807) is 0 Å². The number of rotatable bonds is 3. The highest BCUT2D eigenvalue weighted by atomic mass is 16.2. The lowest BCUT2D eigenvalue weighted by Crippen LogP contribution is -2.44. The molecule has 0 unspecified atom stereocenters. The Labute approximate surface area is 150 Å². The number of amides is 1. The minimum Gasteiger partial charge on any atom is -0.338 e. The lowest BCUT2D eigenvalue weighted by Gasteiger charge is -2.31. The van der Waals surface area contributed by atoms with E-state index in [4.69, 9.17) is 0 Å². The third kappa shape index (κ3) is 3.49. The van der Waals surface area contributed by atoms with Crippen molar-refractivity contribution in [3.05, 3.63) is 52.3 Å². The summed E-state index contributed by atoms with van der Waals surface area (Å²) < 4.78 is 2.20. The molecule has 0 bridgehead atoms. The summed E-state index contributed by atoms with van der Waals surface area (Å²) in [6, 6.07) is 9.11. The van der Waals surface area contributed by atoms with Gasteiger partial charge in [0.2, 0.25) is 0 Å². The minimum absolute atomic E-state index is 0.165. The summed E-state index contributed by atoms with van der Waals surface area (Å²) >= 11 is 0. The highest BCUT2D eigenvalue weighted by Gasteiger charge is 2.25. The Bertz CT molecular complexity index is 762. The number of aromatic nitrogens is 1. The molecule has 2 aromatic rings. The zero-order chi connectivity index (χ0) is 18.1. The van der Waals surface area contributed by atoms with Crippen molar-refractivity contribution in [1.82, 2.24) is 14.8 Å². The standard InChI is InChI=1S/C21H29N3O/c1-14-10-15(2)12-19(11-14)24-16(3)13-20(17(24)4)21(25)23-8-6-18(22-5)7-9-23/h10-13,18,22H,6-9H2,1-5H3. The first-order valence-corrected chi connectivity index (χ1v) is 9.15. The number of piperidine rings is 1. The van der Waals surface area contributed by atoms with Gasteiger partial charge in [-0.2, -0.15) is 0 Å². The monoisotopic (exact) mass is 339 g/mol. The van der Waals surface area contributed by atoms with E-state index in [1.165, 1.54) is 11.1 Å². The molecule has 1 aliphatic heterocycles. The first-order chi connectivity index (χ1) is 11.9. The SMILES string of the molecule is CNC1CCN(C(=O)c2cc(C)n(-c3cc(C)cc(C)c3)c2C)CC1. The van der Waals surface area contributed by atoms with Gasteiger partial charge in [-0.3, -0.25) is 4.79 Å². The molecule has 1 saturated heterocycles. The topological polar surface area (TPSA) is 37.3 Å². The van der Waals surface area contributed by atoms with Gasteiger partial charge in [0.05, 0.1) is 5.56 Å². The second-order valence-electron chi connectivity index (χ2n) is 7.32. The number of carbonyl (C=O) groups is 1. The molecule has 1 fully saturated rings. The molecular weight excluding hydrogens is 310 g/mol. The van der Waals surface area contributed by atoms with Gasteiger partial charge in [0.15, 0.2) is 0 Å². The summed E-state index contributed by atoms with van der Waals surface area (Å²) in [5, 5.41) is 3.32. The normalized spacial score (nSPS) is 15.6. The van der Waals surface area contributed by atoms with Gasteiger partial charge in [0.1, 0.15) is 0 Å². The Morgan fingerprint density at radius 1 is 1.00 bits per heavy atom. The van der Waals surface area contributed by atoms with Gasteiger partial charge in [-0.1, -0.05) is 6.07 Å². The fourth-order valence-electron chi connectivity index (χ4n) is 4.00. The van der Waals surface area contributed by atoms with Crippen LogP contribution in [0, 0.1) is 27.7 Å². The van der Waals surface area contributed by atoms with Crippen molar-refractivity contribution in [2.45, 2.75) is 46.6 Å². The molecule has 2 heterocycles. The van der Waals surface area contributed by atoms with Crippen molar-refractivity contribution in [2.24, 2.45) is 0 Å². The van der Waals surface area contributed by atoms with E-state index >= 15 is 0 Å². The predicted molar refractivity (Wildman–Crippen MR) is 103 cm³/mol. The number of hydrogen-bond acceptors (Lipinski definition) is 2. The summed E-state index contributed by atoms with van der Waals surface area (Å²) in [6.45, 7) is 10.0. The molecule has 0 radical (unpaired) electrons. The van der Waals surface area contributed by atoms with Crippen LogP contribution in [-0.4, -0.2) is 41.6 Å². The van der Waals surface area contributed by atoms with Crippen LogP contribution in [0.3, 0.4) is 0 Å². The number of carbonyl (C=O) groups excluding carboxylic acids is 1. The van der Waals surface area contributed by atoms with Crippen LogP contribution >= 0.6 is 0 Å². The van der Waals surface area contributed by atoms with Gasteiger partial charge >= 0.3 is 0 Å².